The number of rotatable bonds is 2. The standard InChI is InChI=1S/C16H17ClN2O3/c1-9-10-5-4-6-11(17)14(10)22-13(9)16(21)19-12-7-2-3-8-18-15(12)20/h4-6,12H,2-3,7-8H2,1H3,(H,18,20)(H,19,21)/t12-/m0/s1. The molecule has 6 heteroatoms. The number of amides is 2. The fourth-order valence-electron chi connectivity index (χ4n) is 2.73. The Hall–Kier alpha value is -2.01. The Morgan fingerprint density at radius 1 is 1.41 bits per heavy atom. The number of para-hydroxylation sites is 1. The van der Waals surface area contributed by atoms with E-state index in [0.29, 0.717) is 23.6 Å². The van der Waals surface area contributed by atoms with Gasteiger partial charge in [0.2, 0.25) is 5.91 Å². The Labute approximate surface area is 133 Å². The second-order valence-electron chi connectivity index (χ2n) is 5.49. The number of furan rings is 1. The number of carbonyl (C=O) groups is 2. The lowest BCUT2D eigenvalue weighted by atomic mass is 10.1. The Balaban J connectivity index is 1.87. The average Bonchev–Trinajstić information content (AvgIpc) is 2.71. The molecule has 0 saturated carbocycles. The molecule has 0 spiro atoms. The summed E-state index contributed by atoms with van der Waals surface area (Å²) >= 11 is 6.09. The van der Waals surface area contributed by atoms with E-state index < -0.39 is 6.04 Å². The Kier molecular flexibility index (Phi) is 4.07. The van der Waals surface area contributed by atoms with Crippen molar-refractivity contribution in [2.75, 3.05) is 6.54 Å². The summed E-state index contributed by atoms with van der Waals surface area (Å²) in [7, 11) is 0. The molecule has 1 fully saturated rings. The summed E-state index contributed by atoms with van der Waals surface area (Å²) in [6.45, 7) is 2.47. The van der Waals surface area contributed by atoms with Crippen molar-refractivity contribution in [2.45, 2.75) is 32.2 Å². The van der Waals surface area contributed by atoms with Crippen LogP contribution in [0.1, 0.15) is 35.4 Å². The molecule has 2 heterocycles. The number of benzene rings is 1. The molecule has 2 aromatic rings. The molecule has 116 valence electrons. The monoisotopic (exact) mass is 320 g/mol. The number of hydrogen-bond donors (Lipinski definition) is 2. The molecule has 0 radical (unpaired) electrons. The third-order valence-electron chi connectivity index (χ3n) is 3.96. The van der Waals surface area contributed by atoms with Crippen molar-refractivity contribution in [3.8, 4) is 0 Å². The Bertz CT molecular complexity index is 738. The van der Waals surface area contributed by atoms with Crippen molar-refractivity contribution >= 4 is 34.4 Å². The van der Waals surface area contributed by atoms with Gasteiger partial charge in [0.25, 0.3) is 5.91 Å². The van der Waals surface area contributed by atoms with E-state index in [1.54, 1.807) is 6.07 Å². The molecular weight excluding hydrogens is 304 g/mol. The molecule has 1 aliphatic rings. The number of hydrogen-bond acceptors (Lipinski definition) is 3. The zero-order valence-corrected chi connectivity index (χ0v) is 13.0. The maximum absolute atomic E-state index is 12.4. The quantitative estimate of drug-likeness (QED) is 0.893. The van der Waals surface area contributed by atoms with Gasteiger partial charge in [0.1, 0.15) is 6.04 Å². The van der Waals surface area contributed by atoms with Crippen LogP contribution in [0.25, 0.3) is 11.0 Å². The SMILES string of the molecule is Cc1c(C(=O)N[C@H]2CCCCNC2=O)oc2c(Cl)cccc12. The molecule has 1 aliphatic heterocycles. The van der Waals surface area contributed by atoms with Crippen LogP contribution in [-0.4, -0.2) is 24.4 Å². The van der Waals surface area contributed by atoms with Gasteiger partial charge in [0, 0.05) is 17.5 Å². The van der Waals surface area contributed by atoms with Crippen molar-refractivity contribution in [1.82, 2.24) is 10.6 Å². The van der Waals surface area contributed by atoms with Gasteiger partial charge in [-0.3, -0.25) is 9.59 Å². The smallest absolute Gasteiger partial charge is 0.287 e. The number of fused-ring (bicyclic) bond motifs is 1. The van der Waals surface area contributed by atoms with Crippen LogP contribution in [0, 0.1) is 6.92 Å². The van der Waals surface area contributed by atoms with Crippen LogP contribution < -0.4 is 10.6 Å². The van der Waals surface area contributed by atoms with E-state index in [9.17, 15) is 9.59 Å². The third-order valence-corrected chi connectivity index (χ3v) is 4.26. The maximum atomic E-state index is 12.4. The van der Waals surface area contributed by atoms with Crippen LogP contribution in [0.2, 0.25) is 5.02 Å². The predicted octanol–water partition coefficient (Wildman–Crippen LogP) is 2.79. The van der Waals surface area contributed by atoms with E-state index in [1.807, 2.05) is 19.1 Å². The summed E-state index contributed by atoms with van der Waals surface area (Å²) in [5, 5.41) is 6.83. The number of carbonyl (C=O) groups excluding carboxylic acids is 2. The summed E-state index contributed by atoms with van der Waals surface area (Å²) in [5.74, 6) is -0.315. The van der Waals surface area contributed by atoms with Crippen molar-refractivity contribution in [3.63, 3.8) is 0 Å². The lowest BCUT2D eigenvalue weighted by Gasteiger charge is -2.14. The minimum Gasteiger partial charge on any atom is -0.449 e. The molecule has 1 aromatic carbocycles. The van der Waals surface area contributed by atoms with E-state index in [2.05, 4.69) is 10.6 Å². The lowest BCUT2D eigenvalue weighted by Crippen LogP contribution is -2.45. The van der Waals surface area contributed by atoms with Crippen molar-refractivity contribution in [2.24, 2.45) is 0 Å². The van der Waals surface area contributed by atoms with Crippen LogP contribution in [0.5, 0.6) is 0 Å². The van der Waals surface area contributed by atoms with E-state index in [0.717, 1.165) is 23.8 Å². The van der Waals surface area contributed by atoms with Gasteiger partial charge in [-0.1, -0.05) is 23.7 Å². The number of nitrogens with one attached hydrogen (secondary N) is 2. The van der Waals surface area contributed by atoms with Crippen molar-refractivity contribution in [1.29, 1.82) is 0 Å². The van der Waals surface area contributed by atoms with Gasteiger partial charge in [0.05, 0.1) is 5.02 Å². The molecule has 1 atom stereocenters. The fourth-order valence-corrected chi connectivity index (χ4v) is 2.94. The summed E-state index contributed by atoms with van der Waals surface area (Å²) in [4.78, 5) is 24.4. The minimum atomic E-state index is -0.516. The lowest BCUT2D eigenvalue weighted by molar-refractivity contribution is -0.122. The first-order valence-corrected chi connectivity index (χ1v) is 7.72. The van der Waals surface area contributed by atoms with Crippen molar-refractivity contribution in [3.05, 3.63) is 34.5 Å². The van der Waals surface area contributed by atoms with Crippen molar-refractivity contribution < 1.29 is 14.0 Å². The summed E-state index contributed by atoms with van der Waals surface area (Å²) in [5.41, 5.74) is 1.22. The van der Waals surface area contributed by atoms with Gasteiger partial charge in [-0.05, 0) is 32.3 Å². The first kappa shape index (κ1) is 14.9. The maximum Gasteiger partial charge on any atom is 0.287 e. The first-order valence-electron chi connectivity index (χ1n) is 7.34. The third kappa shape index (κ3) is 2.68. The number of halogens is 1. The highest BCUT2D eigenvalue weighted by Crippen LogP contribution is 2.30. The number of aryl methyl sites for hydroxylation is 1. The largest absolute Gasteiger partial charge is 0.449 e. The highest BCUT2D eigenvalue weighted by molar-refractivity contribution is 6.35. The molecule has 2 amide bonds. The highest BCUT2D eigenvalue weighted by Gasteiger charge is 2.26. The Morgan fingerprint density at radius 3 is 3.00 bits per heavy atom. The van der Waals surface area contributed by atoms with Crippen LogP contribution in [0.4, 0.5) is 0 Å². The molecular formula is C16H17ClN2O3. The normalized spacial score (nSPS) is 18.8. The van der Waals surface area contributed by atoms with Gasteiger partial charge in [0.15, 0.2) is 11.3 Å². The van der Waals surface area contributed by atoms with Gasteiger partial charge in [-0.15, -0.1) is 0 Å². The van der Waals surface area contributed by atoms with Crippen LogP contribution in [-0.2, 0) is 4.79 Å². The highest BCUT2D eigenvalue weighted by atomic mass is 35.5. The molecule has 3 rings (SSSR count). The van der Waals surface area contributed by atoms with E-state index in [4.69, 9.17) is 16.0 Å². The Morgan fingerprint density at radius 2 is 2.23 bits per heavy atom. The molecule has 5 nitrogen and oxygen atoms in total. The van der Waals surface area contributed by atoms with Gasteiger partial charge < -0.3 is 15.1 Å². The molecule has 1 aromatic heterocycles. The topological polar surface area (TPSA) is 71.3 Å². The first-order chi connectivity index (χ1) is 10.6. The summed E-state index contributed by atoms with van der Waals surface area (Å²) < 4.78 is 5.62. The molecule has 1 saturated heterocycles. The summed E-state index contributed by atoms with van der Waals surface area (Å²) in [6, 6.07) is 4.87. The second-order valence-corrected chi connectivity index (χ2v) is 5.89. The molecule has 0 aliphatic carbocycles. The summed E-state index contributed by atoms with van der Waals surface area (Å²) in [6.07, 6.45) is 2.46. The van der Waals surface area contributed by atoms with E-state index in [1.165, 1.54) is 0 Å². The molecule has 0 bridgehead atoms. The minimum absolute atomic E-state index is 0.141. The predicted molar refractivity (Wildman–Crippen MR) is 84.1 cm³/mol. The molecule has 2 N–H and O–H groups in total. The van der Waals surface area contributed by atoms with Gasteiger partial charge in [-0.2, -0.15) is 0 Å². The zero-order valence-electron chi connectivity index (χ0n) is 12.2. The van der Waals surface area contributed by atoms with E-state index >= 15 is 0 Å². The van der Waals surface area contributed by atoms with Gasteiger partial charge in [-0.25, -0.2) is 0 Å². The zero-order chi connectivity index (χ0) is 15.7. The van der Waals surface area contributed by atoms with Crippen LogP contribution >= 0.6 is 11.6 Å². The van der Waals surface area contributed by atoms with Crippen LogP contribution in [0.15, 0.2) is 22.6 Å². The van der Waals surface area contributed by atoms with Gasteiger partial charge >= 0.3 is 0 Å². The molecule has 0 unspecified atom stereocenters. The van der Waals surface area contributed by atoms with Crippen LogP contribution in [0.3, 0.4) is 0 Å². The second kappa shape index (κ2) is 6.01. The molecule has 22 heavy (non-hydrogen) atoms. The average molecular weight is 321 g/mol. The fraction of sp³-hybridized carbons (Fsp3) is 0.375. The van der Waals surface area contributed by atoms with E-state index in [-0.39, 0.29) is 17.6 Å².